The van der Waals surface area contributed by atoms with Crippen LogP contribution in [0, 0.1) is 0 Å². The number of β-amino-alcohol motifs (C(OH)–C–C–N with tert-alkyl or cyclic N) is 1. The van der Waals surface area contributed by atoms with Crippen LogP contribution in [-0.4, -0.2) is 37.0 Å². The number of nitrogens with zero attached hydrogens (tertiary/aromatic N) is 1. The van der Waals surface area contributed by atoms with Gasteiger partial charge in [-0.05, 0) is 34.5 Å². The second-order valence-corrected chi connectivity index (χ2v) is 7.99. The molecule has 0 aliphatic carbocycles. The van der Waals surface area contributed by atoms with Gasteiger partial charge in [0.05, 0.1) is 9.89 Å². The monoisotopic (exact) mass is 311 g/mol. The van der Waals surface area contributed by atoms with Gasteiger partial charge in [-0.15, -0.1) is 11.3 Å². The molecule has 7 heteroatoms. The largest absolute Gasteiger partial charge is 0.392 e. The van der Waals surface area contributed by atoms with Crippen molar-refractivity contribution in [2.24, 2.45) is 0 Å². The van der Waals surface area contributed by atoms with Crippen LogP contribution in [0.4, 0.5) is 0 Å². The SMILES string of the molecule is O=S(=O)(c1ccc(Br)s1)N1CC[C@H](O)C1. The maximum Gasteiger partial charge on any atom is 0.252 e. The van der Waals surface area contributed by atoms with Crippen LogP contribution in [0.2, 0.25) is 0 Å². The fourth-order valence-corrected chi connectivity index (χ4v) is 5.15. The standard InChI is InChI=1S/C8H10BrNO3S2/c9-7-1-2-8(14-7)15(12,13)10-4-3-6(11)5-10/h1-2,6,11H,3-5H2/t6-/m0/s1. The van der Waals surface area contributed by atoms with Crippen LogP contribution in [0.15, 0.2) is 20.1 Å². The highest BCUT2D eigenvalue weighted by Crippen LogP contribution is 2.29. The second-order valence-electron chi connectivity index (χ2n) is 3.36. The molecule has 2 heterocycles. The Hall–Kier alpha value is 0.0500. The zero-order valence-corrected chi connectivity index (χ0v) is 11.0. The average molecular weight is 312 g/mol. The predicted molar refractivity (Wildman–Crippen MR) is 61.4 cm³/mol. The third-order valence-electron chi connectivity index (χ3n) is 2.27. The van der Waals surface area contributed by atoms with Gasteiger partial charge in [-0.25, -0.2) is 8.42 Å². The number of hydrogen-bond acceptors (Lipinski definition) is 4. The molecule has 15 heavy (non-hydrogen) atoms. The summed E-state index contributed by atoms with van der Waals surface area (Å²) in [5, 5.41) is 9.30. The van der Waals surface area contributed by atoms with Gasteiger partial charge in [0.2, 0.25) is 0 Å². The maximum atomic E-state index is 12.0. The van der Waals surface area contributed by atoms with Gasteiger partial charge in [-0.2, -0.15) is 4.31 Å². The fraction of sp³-hybridized carbons (Fsp3) is 0.500. The number of thiophene rings is 1. The molecule has 1 aliphatic rings. The van der Waals surface area contributed by atoms with Crippen LogP contribution in [0.3, 0.4) is 0 Å². The van der Waals surface area contributed by atoms with E-state index < -0.39 is 16.1 Å². The quantitative estimate of drug-likeness (QED) is 0.894. The van der Waals surface area contributed by atoms with Crippen LogP contribution in [-0.2, 0) is 10.0 Å². The van der Waals surface area contributed by atoms with Crippen molar-refractivity contribution in [3.8, 4) is 0 Å². The summed E-state index contributed by atoms with van der Waals surface area (Å²) < 4.78 is 26.4. The van der Waals surface area contributed by atoms with Gasteiger partial charge < -0.3 is 5.11 Å². The van der Waals surface area contributed by atoms with Crippen molar-refractivity contribution in [2.75, 3.05) is 13.1 Å². The second kappa shape index (κ2) is 4.14. The first-order chi connectivity index (χ1) is 7.00. The molecule has 1 aromatic rings. The van der Waals surface area contributed by atoms with Crippen molar-refractivity contribution in [3.63, 3.8) is 0 Å². The first-order valence-corrected chi connectivity index (χ1v) is 7.48. The van der Waals surface area contributed by atoms with E-state index in [9.17, 15) is 13.5 Å². The van der Waals surface area contributed by atoms with E-state index in [1.54, 1.807) is 12.1 Å². The molecular formula is C8H10BrNO3S2. The molecule has 0 radical (unpaired) electrons. The fourth-order valence-electron chi connectivity index (χ4n) is 1.49. The molecule has 0 saturated carbocycles. The van der Waals surface area contributed by atoms with Crippen LogP contribution >= 0.6 is 27.3 Å². The first-order valence-electron chi connectivity index (χ1n) is 4.44. The number of aliphatic hydroxyl groups excluding tert-OH is 1. The normalized spacial score (nSPS) is 23.5. The lowest BCUT2D eigenvalue weighted by Gasteiger charge is -2.13. The van der Waals surface area contributed by atoms with Crippen LogP contribution < -0.4 is 0 Å². The van der Waals surface area contributed by atoms with Crippen molar-refractivity contribution in [3.05, 3.63) is 15.9 Å². The van der Waals surface area contributed by atoms with Crippen molar-refractivity contribution in [2.45, 2.75) is 16.7 Å². The van der Waals surface area contributed by atoms with Gasteiger partial charge in [0.15, 0.2) is 0 Å². The number of aliphatic hydroxyl groups is 1. The molecule has 0 spiro atoms. The molecule has 0 bridgehead atoms. The molecule has 1 aliphatic heterocycles. The van der Waals surface area contributed by atoms with E-state index in [0.29, 0.717) is 17.2 Å². The average Bonchev–Trinajstić information content (AvgIpc) is 2.74. The zero-order valence-electron chi connectivity index (χ0n) is 7.76. The lowest BCUT2D eigenvalue weighted by Crippen LogP contribution is -2.29. The Labute approximate surface area is 101 Å². The van der Waals surface area contributed by atoms with Crippen LogP contribution in [0.5, 0.6) is 0 Å². The predicted octanol–water partition coefficient (Wildman–Crippen LogP) is 1.27. The van der Waals surface area contributed by atoms with E-state index in [0.717, 1.165) is 3.79 Å². The molecule has 2 rings (SSSR count). The molecule has 0 unspecified atom stereocenters. The summed E-state index contributed by atoms with van der Waals surface area (Å²) in [5.74, 6) is 0. The zero-order chi connectivity index (χ0) is 11.1. The number of hydrogen-bond donors (Lipinski definition) is 1. The van der Waals surface area contributed by atoms with E-state index in [-0.39, 0.29) is 6.54 Å². The lowest BCUT2D eigenvalue weighted by molar-refractivity contribution is 0.189. The summed E-state index contributed by atoms with van der Waals surface area (Å²) in [7, 11) is -3.39. The topological polar surface area (TPSA) is 57.6 Å². The maximum absolute atomic E-state index is 12.0. The Kier molecular flexibility index (Phi) is 3.18. The minimum atomic E-state index is -3.39. The van der Waals surface area contributed by atoms with Gasteiger partial charge >= 0.3 is 0 Å². The highest BCUT2D eigenvalue weighted by atomic mass is 79.9. The third kappa shape index (κ3) is 2.26. The molecule has 1 atom stereocenters. The minimum absolute atomic E-state index is 0.206. The van der Waals surface area contributed by atoms with Gasteiger partial charge in [0.25, 0.3) is 10.0 Å². The van der Waals surface area contributed by atoms with Crippen molar-refractivity contribution in [1.82, 2.24) is 4.31 Å². The van der Waals surface area contributed by atoms with E-state index >= 15 is 0 Å². The molecule has 4 nitrogen and oxygen atoms in total. The van der Waals surface area contributed by atoms with Gasteiger partial charge in [-0.1, -0.05) is 0 Å². The van der Waals surface area contributed by atoms with E-state index in [1.165, 1.54) is 15.6 Å². The van der Waals surface area contributed by atoms with Crippen LogP contribution in [0.25, 0.3) is 0 Å². The minimum Gasteiger partial charge on any atom is -0.392 e. The highest BCUT2D eigenvalue weighted by molar-refractivity contribution is 9.11. The summed E-state index contributed by atoms with van der Waals surface area (Å²) >= 11 is 4.42. The molecule has 1 N–H and O–H groups in total. The van der Waals surface area contributed by atoms with Gasteiger partial charge in [0, 0.05) is 13.1 Å². The van der Waals surface area contributed by atoms with Crippen LogP contribution in [0.1, 0.15) is 6.42 Å². The van der Waals surface area contributed by atoms with Gasteiger partial charge in [0.1, 0.15) is 4.21 Å². The third-order valence-corrected chi connectivity index (χ3v) is 6.23. The van der Waals surface area contributed by atoms with Crippen molar-refractivity contribution < 1.29 is 13.5 Å². The van der Waals surface area contributed by atoms with Crippen molar-refractivity contribution >= 4 is 37.3 Å². The molecule has 1 fully saturated rings. The molecule has 1 saturated heterocycles. The van der Waals surface area contributed by atoms with E-state index in [1.807, 2.05) is 0 Å². The summed E-state index contributed by atoms with van der Waals surface area (Å²) in [6.07, 6.45) is -0.00522. The summed E-state index contributed by atoms with van der Waals surface area (Å²) in [4.78, 5) is 0. The summed E-state index contributed by atoms with van der Waals surface area (Å²) in [6.45, 7) is 0.608. The molecule has 84 valence electrons. The Balaban J connectivity index is 2.27. The molecule has 0 amide bonds. The number of sulfonamides is 1. The highest BCUT2D eigenvalue weighted by Gasteiger charge is 2.32. The number of rotatable bonds is 2. The van der Waals surface area contributed by atoms with E-state index in [4.69, 9.17) is 0 Å². The Morgan fingerprint density at radius 1 is 1.53 bits per heavy atom. The smallest absolute Gasteiger partial charge is 0.252 e. The van der Waals surface area contributed by atoms with Gasteiger partial charge in [-0.3, -0.25) is 0 Å². The molecule has 1 aromatic heterocycles. The Morgan fingerprint density at radius 3 is 2.73 bits per heavy atom. The Morgan fingerprint density at radius 2 is 2.27 bits per heavy atom. The first kappa shape index (κ1) is 11.5. The Bertz CT molecular complexity index is 456. The lowest BCUT2D eigenvalue weighted by atomic mass is 10.3. The molecule has 0 aromatic carbocycles. The van der Waals surface area contributed by atoms with Crippen molar-refractivity contribution in [1.29, 1.82) is 0 Å². The summed E-state index contributed by atoms with van der Waals surface area (Å²) in [5.41, 5.74) is 0. The van der Waals surface area contributed by atoms with E-state index in [2.05, 4.69) is 15.9 Å². The molecular weight excluding hydrogens is 302 g/mol. The number of halogens is 1. The summed E-state index contributed by atoms with van der Waals surface area (Å²) in [6, 6.07) is 3.29.